The van der Waals surface area contributed by atoms with E-state index in [0.717, 1.165) is 63.6 Å². The predicted octanol–water partition coefficient (Wildman–Crippen LogP) is 0.873. The molecule has 0 spiro atoms. The molecule has 122 valence electrons. The van der Waals surface area contributed by atoms with E-state index >= 15 is 0 Å². The molecule has 0 amide bonds. The molecule has 3 rings (SSSR count). The van der Waals surface area contributed by atoms with Crippen LogP contribution in [0.15, 0.2) is 12.4 Å². The number of hydrogen-bond donors (Lipinski definition) is 1. The third-order valence-corrected chi connectivity index (χ3v) is 4.65. The van der Waals surface area contributed by atoms with Crippen LogP contribution in [0.4, 0.5) is 5.82 Å². The summed E-state index contributed by atoms with van der Waals surface area (Å²) < 4.78 is 5.45. The second kappa shape index (κ2) is 6.48. The van der Waals surface area contributed by atoms with Gasteiger partial charge < -0.3 is 19.6 Å². The smallest absolute Gasteiger partial charge is 0.132 e. The van der Waals surface area contributed by atoms with Crippen molar-refractivity contribution < 1.29 is 9.84 Å². The van der Waals surface area contributed by atoms with Crippen LogP contribution >= 0.6 is 0 Å². The summed E-state index contributed by atoms with van der Waals surface area (Å²) in [5.41, 5.74) is 0.506. The van der Waals surface area contributed by atoms with Gasteiger partial charge in [-0.25, -0.2) is 9.97 Å². The van der Waals surface area contributed by atoms with Gasteiger partial charge in [0.2, 0.25) is 0 Å². The van der Waals surface area contributed by atoms with Crippen LogP contribution in [0.2, 0.25) is 0 Å². The molecule has 0 aliphatic carbocycles. The number of ether oxygens (including phenoxy) is 1. The zero-order valence-electron chi connectivity index (χ0n) is 13.5. The highest BCUT2D eigenvalue weighted by atomic mass is 16.5. The molecule has 1 N–H and O–H groups in total. The zero-order valence-corrected chi connectivity index (χ0v) is 13.5. The van der Waals surface area contributed by atoms with Gasteiger partial charge in [0.15, 0.2) is 0 Å². The highest BCUT2D eigenvalue weighted by Gasteiger charge is 2.33. The zero-order chi connectivity index (χ0) is 15.6. The van der Waals surface area contributed by atoms with Crippen LogP contribution in [-0.2, 0) is 4.74 Å². The van der Waals surface area contributed by atoms with Crippen molar-refractivity contribution in [1.29, 1.82) is 0 Å². The van der Waals surface area contributed by atoms with Gasteiger partial charge in [-0.3, -0.25) is 0 Å². The maximum absolute atomic E-state index is 10.6. The molecule has 0 unspecified atom stereocenters. The molecule has 0 saturated carbocycles. The fourth-order valence-electron chi connectivity index (χ4n) is 3.42. The van der Waals surface area contributed by atoms with Gasteiger partial charge in [-0.15, -0.1) is 0 Å². The van der Waals surface area contributed by atoms with Crippen LogP contribution in [0.1, 0.15) is 30.9 Å². The molecular weight excluding hydrogens is 280 g/mol. The lowest BCUT2D eigenvalue weighted by Gasteiger charge is -2.40. The van der Waals surface area contributed by atoms with Crippen LogP contribution in [-0.4, -0.2) is 72.5 Å². The number of piperidine rings is 1. The van der Waals surface area contributed by atoms with E-state index in [-0.39, 0.29) is 0 Å². The third kappa shape index (κ3) is 3.56. The van der Waals surface area contributed by atoms with Gasteiger partial charge in [-0.1, -0.05) is 0 Å². The highest BCUT2D eigenvalue weighted by Crippen LogP contribution is 2.28. The van der Waals surface area contributed by atoms with Crippen LogP contribution in [0.5, 0.6) is 0 Å². The monoisotopic (exact) mass is 306 g/mol. The highest BCUT2D eigenvalue weighted by molar-refractivity contribution is 5.40. The summed E-state index contributed by atoms with van der Waals surface area (Å²) in [4.78, 5) is 13.1. The number of aromatic nitrogens is 2. The summed E-state index contributed by atoms with van der Waals surface area (Å²) in [6, 6.07) is 2.09. The van der Waals surface area contributed by atoms with Crippen LogP contribution in [0, 0.1) is 0 Å². The van der Waals surface area contributed by atoms with Crippen molar-refractivity contribution in [1.82, 2.24) is 14.9 Å². The van der Waals surface area contributed by atoms with Crippen molar-refractivity contribution in [2.75, 3.05) is 51.8 Å². The molecule has 2 aliphatic rings. The lowest BCUT2D eigenvalue weighted by molar-refractivity contribution is -0.00547. The lowest BCUT2D eigenvalue weighted by atomic mass is 9.91. The molecule has 2 saturated heterocycles. The van der Waals surface area contributed by atoms with Gasteiger partial charge in [0.05, 0.1) is 17.9 Å². The predicted molar refractivity (Wildman–Crippen MR) is 85.2 cm³/mol. The molecule has 2 aliphatic heterocycles. The van der Waals surface area contributed by atoms with Gasteiger partial charge in [0.25, 0.3) is 0 Å². The summed E-state index contributed by atoms with van der Waals surface area (Å²) in [6.07, 6.45) is 4.25. The molecule has 2 fully saturated rings. The summed E-state index contributed by atoms with van der Waals surface area (Å²) in [7, 11) is 4.01. The standard InChI is InChI=1S/C16H26N4O2/c1-19(2)11-16(21)4-6-20(7-5-16)15-9-14(17-12-18-15)13-3-8-22-10-13/h9,12-13,21H,3-8,10-11H2,1-2H3/t13-/m0/s1. The Morgan fingerprint density at radius 2 is 2.14 bits per heavy atom. The minimum atomic E-state index is -0.574. The van der Waals surface area contributed by atoms with Gasteiger partial charge in [0.1, 0.15) is 12.1 Å². The van der Waals surface area contributed by atoms with Crippen molar-refractivity contribution in [3.05, 3.63) is 18.1 Å². The quantitative estimate of drug-likeness (QED) is 0.891. The average Bonchev–Trinajstić information content (AvgIpc) is 3.01. The summed E-state index contributed by atoms with van der Waals surface area (Å²) in [5.74, 6) is 1.38. The first-order valence-electron chi connectivity index (χ1n) is 8.07. The topological polar surface area (TPSA) is 61.7 Å². The van der Waals surface area contributed by atoms with E-state index in [4.69, 9.17) is 4.74 Å². The average molecular weight is 306 g/mol. The van der Waals surface area contributed by atoms with E-state index in [9.17, 15) is 5.11 Å². The molecule has 1 aromatic heterocycles. The van der Waals surface area contributed by atoms with Gasteiger partial charge in [-0.2, -0.15) is 0 Å². The molecule has 6 nitrogen and oxygen atoms in total. The fourth-order valence-corrected chi connectivity index (χ4v) is 3.42. The largest absolute Gasteiger partial charge is 0.388 e. The Morgan fingerprint density at radius 1 is 1.36 bits per heavy atom. The number of aliphatic hydroxyl groups is 1. The van der Waals surface area contributed by atoms with E-state index in [1.54, 1.807) is 6.33 Å². The molecule has 0 aromatic carbocycles. The van der Waals surface area contributed by atoms with Crippen molar-refractivity contribution >= 4 is 5.82 Å². The number of likely N-dealkylation sites (N-methyl/N-ethyl adjacent to an activating group) is 1. The minimum absolute atomic E-state index is 0.400. The Bertz CT molecular complexity index is 495. The Kier molecular flexibility index (Phi) is 4.61. The first-order valence-corrected chi connectivity index (χ1v) is 8.07. The Morgan fingerprint density at radius 3 is 2.77 bits per heavy atom. The molecule has 6 heteroatoms. The SMILES string of the molecule is CN(C)CC1(O)CCN(c2cc([C@H]3CCOC3)ncn2)CC1. The van der Waals surface area contributed by atoms with E-state index in [2.05, 4.69) is 25.8 Å². The molecular formula is C16H26N4O2. The van der Waals surface area contributed by atoms with Gasteiger partial charge in [0, 0.05) is 38.2 Å². The van der Waals surface area contributed by atoms with E-state index in [1.165, 1.54) is 0 Å². The first kappa shape index (κ1) is 15.6. The maximum atomic E-state index is 10.6. The molecule has 3 heterocycles. The van der Waals surface area contributed by atoms with Crippen LogP contribution in [0.25, 0.3) is 0 Å². The lowest BCUT2D eigenvalue weighted by Crippen LogP contribution is -2.49. The fraction of sp³-hybridized carbons (Fsp3) is 0.750. The number of nitrogens with zero attached hydrogens (tertiary/aromatic N) is 4. The van der Waals surface area contributed by atoms with Crippen molar-refractivity contribution in [3.8, 4) is 0 Å². The second-order valence-corrected chi connectivity index (χ2v) is 6.81. The van der Waals surface area contributed by atoms with Crippen LogP contribution in [0.3, 0.4) is 0 Å². The second-order valence-electron chi connectivity index (χ2n) is 6.81. The van der Waals surface area contributed by atoms with E-state index in [1.807, 2.05) is 14.1 Å². The van der Waals surface area contributed by atoms with Crippen LogP contribution < -0.4 is 4.90 Å². The minimum Gasteiger partial charge on any atom is -0.388 e. The first-order chi connectivity index (χ1) is 10.6. The van der Waals surface area contributed by atoms with E-state index < -0.39 is 5.60 Å². The molecule has 22 heavy (non-hydrogen) atoms. The molecule has 1 aromatic rings. The number of hydrogen-bond acceptors (Lipinski definition) is 6. The third-order valence-electron chi connectivity index (χ3n) is 4.65. The Balaban J connectivity index is 1.65. The summed E-state index contributed by atoms with van der Waals surface area (Å²) in [5, 5.41) is 10.6. The Hall–Kier alpha value is -1.24. The van der Waals surface area contributed by atoms with Gasteiger partial charge >= 0.3 is 0 Å². The maximum Gasteiger partial charge on any atom is 0.132 e. The number of rotatable bonds is 4. The van der Waals surface area contributed by atoms with Crippen molar-refractivity contribution in [2.45, 2.75) is 30.8 Å². The normalized spacial score (nSPS) is 24.9. The molecule has 1 atom stereocenters. The van der Waals surface area contributed by atoms with Crippen molar-refractivity contribution in [2.24, 2.45) is 0 Å². The summed E-state index contributed by atoms with van der Waals surface area (Å²) >= 11 is 0. The molecule has 0 bridgehead atoms. The summed E-state index contributed by atoms with van der Waals surface area (Å²) in [6.45, 7) is 3.98. The molecule has 0 radical (unpaired) electrons. The van der Waals surface area contributed by atoms with Crippen molar-refractivity contribution in [3.63, 3.8) is 0 Å². The van der Waals surface area contributed by atoms with E-state index in [0.29, 0.717) is 5.92 Å². The Labute approximate surface area is 132 Å². The van der Waals surface area contributed by atoms with Gasteiger partial charge in [-0.05, 0) is 33.4 Å². The number of anilines is 1.